The highest BCUT2D eigenvalue weighted by Gasteiger charge is 2.17. The minimum atomic E-state index is -0.541. The van der Waals surface area contributed by atoms with E-state index in [1.54, 1.807) is 6.07 Å². The van der Waals surface area contributed by atoms with Gasteiger partial charge in [0.2, 0.25) is 0 Å². The van der Waals surface area contributed by atoms with Crippen LogP contribution in [0.1, 0.15) is 30.3 Å². The Balaban J connectivity index is 2.01. The van der Waals surface area contributed by atoms with E-state index in [9.17, 15) is 4.79 Å². The van der Waals surface area contributed by atoms with Crippen molar-refractivity contribution in [3.8, 4) is 0 Å². The van der Waals surface area contributed by atoms with E-state index in [1.165, 1.54) is 12.8 Å². The van der Waals surface area contributed by atoms with Crippen molar-refractivity contribution >= 4 is 11.7 Å². The molecule has 6 heteroatoms. The van der Waals surface area contributed by atoms with E-state index in [4.69, 9.17) is 5.73 Å². The van der Waals surface area contributed by atoms with E-state index >= 15 is 0 Å². The maximum atomic E-state index is 11.0. The molecule has 0 unspecified atom stereocenters. The minimum Gasteiger partial charge on any atom is -0.364 e. The zero-order chi connectivity index (χ0) is 13.7. The van der Waals surface area contributed by atoms with Crippen molar-refractivity contribution in [3.05, 3.63) is 17.8 Å². The number of amides is 1. The third kappa shape index (κ3) is 3.64. The standard InChI is InChI=1S/C13H21N5O/c1-2-18(9-10-5-7-15-8-6-10)12-4-3-11(13(14)19)16-17-12/h3-4,10,15H,2,5-9H2,1H3,(H2,14,19). The first-order valence-electron chi connectivity index (χ1n) is 6.80. The predicted octanol–water partition coefficient (Wildman–Crippen LogP) is 0.401. The third-order valence-corrected chi connectivity index (χ3v) is 3.55. The van der Waals surface area contributed by atoms with E-state index in [0.717, 1.165) is 32.0 Å². The van der Waals surface area contributed by atoms with E-state index in [2.05, 4.69) is 27.3 Å². The molecule has 1 aliphatic heterocycles. The quantitative estimate of drug-likeness (QED) is 0.803. The monoisotopic (exact) mass is 263 g/mol. The number of nitrogens with two attached hydrogens (primary N) is 1. The summed E-state index contributed by atoms with van der Waals surface area (Å²) in [6.07, 6.45) is 2.40. The lowest BCUT2D eigenvalue weighted by Gasteiger charge is -2.29. The van der Waals surface area contributed by atoms with Crippen LogP contribution in [0.25, 0.3) is 0 Å². The van der Waals surface area contributed by atoms with E-state index in [1.807, 2.05) is 6.07 Å². The summed E-state index contributed by atoms with van der Waals surface area (Å²) < 4.78 is 0. The van der Waals surface area contributed by atoms with Crippen molar-refractivity contribution in [2.75, 3.05) is 31.1 Å². The van der Waals surface area contributed by atoms with Crippen LogP contribution in [-0.2, 0) is 0 Å². The van der Waals surface area contributed by atoms with Gasteiger partial charge in [-0.2, -0.15) is 0 Å². The smallest absolute Gasteiger partial charge is 0.269 e. The number of hydrogen-bond donors (Lipinski definition) is 2. The molecule has 1 aliphatic rings. The number of aromatic nitrogens is 2. The van der Waals surface area contributed by atoms with Crippen LogP contribution in [0.15, 0.2) is 12.1 Å². The molecular weight excluding hydrogens is 242 g/mol. The summed E-state index contributed by atoms with van der Waals surface area (Å²) in [7, 11) is 0. The molecule has 104 valence electrons. The Bertz CT molecular complexity index is 414. The molecule has 1 aromatic rings. The largest absolute Gasteiger partial charge is 0.364 e. The van der Waals surface area contributed by atoms with Gasteiger partial charge in [0.1, 0.15) is 0 Å². The van der Waals surface area contributed by atoms with Gasteiger partial charge in [0.25, 0.3) is 5.91 Å². The lowest BCUT2D eigenvalue weighted by molar-refractivity contribution is 0.0994. The molecule has 19 heavy (non-hydrogen) atoms. The summed E-state index contributed by atoms with van der Waals surface area (Å²) in [5.74, 6) is 0.963. The number of nitrogens with one attached hydrogen (secondary N) is 1. The number of anilines is 1. The van der Waals surface area contributed by atoms with Crippen molar-refractivity contribution in [2.24, 2.45) is 11.7 Å². The average molecular weight is 263 g/mol. The Morgan fingerprint density at radius 1 is 1.42 bits per heavy atom. The Kier molecular flexibility index (Phi) is 4.68. The van der Waals surface area contributed by atoms with Gasteiger partial charge in [-0.25, -0.2) is 0 Å². The van der Waals surface area contributed by atoms with Gasteiger partial charge in [-0.05, 0) is 50.9 Å². The second kappa shape index (κ2) is 6.47. The van der Waals surface area contributed by atoms with E-state index in [-0.39, 0.29) is 5.69 Å². The zero-order valence-electron chi connectivity index (χ0n) is 11.3. The third-order valence-electron chi connectivity index (χ3n) is 3.55. The Labute approximate surface area is 113 Å². The van der Waals surface area contributed by atoms with Gasteiger partial charge in [-0.3, -0.25) is 4.79 Å². The molecule has 2 rings (SSSR count). The molecule has 1 amide bonds. The first-order valence-corrected chi connectivity index (χ1v) is 6.80. The number of nitrogens with zero attached hydrogens (tertiary/aromatic N) is 3. The molecule has 0 bridgehead atoms. The average Bonchev–Trinajstić information content (AvgIpc) is 2.46. The van der Waals surface area contributed by atoms with Crippen molar-refractivity contribution in [1.29, 1.82) is 0 Å². The lowest BCUT2D eigenvalue weighted by Crippen LogP contribution is -2.36. The molecule has 1 saturated heterocycles. The van der Waals surface area contributed by atoms with Crippen molar-refractivity contribution in [3.63, 3.8) is 0 Å². The van der Waals surface area contributed by atoms with Gasteiger partial charge in [0, 0.05) is 13.1 Å². The first kappa shape index (κ1) is 13.7. The van der Waals surface area contributed by atoms with Crippen molar-refractivity contribution in [1.82, 2.24) is 15.5 Å². The van der Waals surface area contributed by atoms with Gasteiger partial charge in [-0.15, -0.1) is 10.2 Å². The number of carbonyl (C=O) groups is 1. The van der Waals surface area contributed by atoms with Crippen molar-refractivity contribution in [2.45, 2.75) is 19.8 Å². The summed E-state index contributed by atoms with van der Waals surface area (Å²) >= 11 is 0. The fourth-order valence-electron chi connectivity index (χ4n) is 2.39. The first-order chi connectivity index (χ1) is 9.20. The van der Waals surface area contributed by atoms with Crippen LogP contribution in [0.2, 0.25) is 0 Å². The molecule has 0 spiro atoms. The second-order valence-electron chi connectivity index (χ2n) is 4.87. The zero-order valence-corrected chi connectivity index (χ0v) is 11.3. The number of carbonyl (C=O) groups excluding carboxylic acids is 1. The summed E-state index contributed by atoms with van der Waals surface area (Å²) in [5.41, 5.74) is 5.37. The molecule has 1 fully saturated rings. The summed E-state index contributed by atoms with van der Waals surface area (Å²) in [5, 5.41) is 11.3. The van der Waals surface area contributed by atoms with Gasteiger partial charge >= 0.3 is 0 Å². The minimum absolute atomic E-state index is 0.210. The number of rotatable bonds is 5. The molecule has 0 radical (unpaired) electrons. The Morgan fingerprint density at radius 3 is 2.68 bits per heavy atom. The molecule has 0 atom stereocenters. The van der Waals surface area contributed by atoms with Gasteiger partial charge in [0.05, 0.1) is 0 Å². The fourth-order valence-corrected chi connectivity index (χ4v) is 2.39. The summed E-state index contributed by atoms with van der Waals surface area (Å²) in [4.78, 5) is 13.2. The maximum Gasteiger partial charge on any atom is 0.269 e. The van der Waals surface area contributed by atoms with Crippen LogP contribution in [-0.4, -0.2) is 42.3 Å². The predicted molar refractivity (Wildman–Crippen MR) is 74.0 cm³/mol. The van der Waals surface area contributed by atoms with Crippen LogP contribution in [0, 0.1) is 5.92 Å². The van der Waals surface area contributed by atoms with E-state index in [0.29, 0.717) is 5.92 Å². The van der Waals surface area contributed by atoms with Gasteiger partial charge < -0.3 is 16.0 Å². The van der Waals surface area contributed by atoms with Crippen LogP contribution in [0.5, 0.6) is 0 Å². The normalized spacial score (nSPS) is 16.3. The molecule has 2 heterocycles. The number of hydrogen-bond acceptors (Lipinski definition) is 5. The van der Waals surface area contributed by atoms with Gasteiger partial charge in [-0.1, -0.05) is 0 Å². The molecule has 1 aromatic heterocycles. The second-order valence-corrected chi connectivity index (χ2v) is 4.87. The lowest BCUT2D eigenvalue weighted by atomic mass is 9.97. The maximum absolute atomic E-state index is 11.0. The molecule has 3 N–H and O–H groups in total. The molecular formula is C13H21N5O. The molecule has 0 aromatic carbocycles. The topological polar surface area (TPSA) is 84.1 Å². The molecule has 0 saturated carbocycles. The Hall–Kier alpha value is -1.69. The van der Waals surface area contributed by atoms with Crippen molar-refractivity contribution < 1.29 is 4.79 Å². The van der Waals surface area contributed by atoms with Crippen LogP contribution < -0.4 is 16.0 Å². The SMILES string of the molecule is CCN(CC1CCNCC1)c1ccc(C(N)=O)nn1. The summed E-state index contributed by atoms with van der Waals surface area (Å²) in [6, 6.07) is 3.45. The summed E-state index contributed by atoms with van der Waals surface area (Å²) in [6.45, 7) is 6.16. The van der Waals surface area contributed by atoms with E-state index < -0.39 is 5.91 Å². The van der Waals surface area contributed by atoms with Crippen LogP contribution >= 0.6 is 0 Å². The van der Waals surface area contributed by atoms with Crippen LogP contribution in [0.3, 0.4) is 0 Å². The highest BCUT2D eigenvalue weighted by molar-refractivity contribution is 5.90. The van der Waals surface area contributed by atoms with Crippen LogP contribution in [0.4, 0.5) is 5.82 Å². The molecule has 6 nitrogen and oxygen atoms in total. The number of primary amides is 1. The highest BCUT2D eigenvalue weighted by Crippen LogP contribution is 2.17. The van der Waals surface area contributed by atoms with Gasteiger partial charge in [0.15, 0.2) is 11.5 Å². The molecule has 0 aliphatic carbocycles. The number of piperidine rings is 1. The fraction of sp³-hybridized carbons (Fsp3) is 0.615. The highest BCUT2D eigenvalue weighted by atomic mass is 16.1. The Morgan fingerprint density at radius 2 is 2.16 bits per heavy atom.